The van der Waals surface area contributed by atoms with E-state index < -0.39 is 58.2 Å². The number of carboxylic acid groups (broad SMARTS) is 2. The standard InChI is InChI=1S/C34H46N6O11/c1-13-35-26(41)23-22(25-36-17(4)50-40-25)24(51-39-23)19-14-18(16(2)3)20(33(11,27(42)43)37-29(46)48-31(5,6)7)15-21(19)34(12,28(44)45)38-30(47)49-32(8,9)10/h14-16H,13H2,1-12H3,(H,35,41)(H,37,46)(H,38,47)(H,42,43)(H,44,45)/t33-,34-/m0/s1. The minimum atomic E-state index is -2.38. The number of hydrogen-bond acceptors (Lipinski definition) is 12. The van der Waals surface area contributed by atoms with Crippen molar-refractivity contribution in [1.29, 1.82) is 0 Å². The molecule has 0 aliphatic heterocycles. The van der Waals surface area contributed by atoms with Crippen molar-refractivity contribution in [1.82, 2.24) is 31.2 Å². The Hall–Kier alpha value is -5.48. The lowest BCUT2D eigenvalue weighted by Crippen LogP contribution is -2.53. The van der Waals surface area contributed by atoms with Crippen molar-refractivity contribution in [2.75, 3.05) is 6.54 Å². The van der Waals surface area contributed by atoms with Gasteiger partial charge < -0.3 is 44.7 Å². The third-order valence-electron chi connectivity index (χ3n) is 7.49. The number of nitrogens with one attached hydrogen (secondary N) is 3. The highest BCUT2D eigenvalue weighted by Crippen LogP contribution is 2.44. The number of carbonyl (C=O) groups is 5. The summed E-state index contributed by atoms with van der Waals surface area (Å²) < 4.78 is 21.7. The average Bonchev–Trinajstić information content (AvgIpc) is 3.60. The van der Waals surface area contributed by atoms with Crippen LogP contribution in [0.2, 0.25) is 0 Å². The lowest BCUT2D eigenvalue weighted by atomic mass is 9.77. The van der Waals surface area contributed by atoms with Crippen LogP contribution in [0.5, 0.6) is 0 Å². The van der Waals surface area contributed by atoms with Crippen LogP contribution in [0.3, 0.4) is 0 Å². The summed E-state index contributed by atoms with van der Waals surface area (Å²) in [4.78, 5) is 70.1. The lowest BCUT2D eigenvalue weighted by Gasteiger charge is -2.35. The first-order valence-electron chi connectivity index (χ1n) is 16.1. The largest absolute Gasteiger partial charge is 0.479 e. The maximum Gasteiger partial charge on any atom is 0.408 e. The third-order valence-corrected chi connectivity index (χ3v) is 7.49. The number of aryl methyl sites for hydroxylation is 1. The molecule has 17 heteroatoms. The highest BCUT2D eigenvalue weighted by Gasteiger charge is 2.46. The van der Waals surface area contributed by atoms with Crippen molar-refractivity contribution in [3.63, 3.8) is 0 Å². The van der Waals surface area contributed by atoms with E-state index in [4.69, 9.17) is 18.5 Å². The Balaban J connectivity index is 2.56. The fourth-order valence-corrected chi connectivity index (χ4v) is 5.10. The van der Waals surface area contributed by atoms with Crippen molar-refractivity contribution in [3.05, 3.63) is 40.4 Å². The molecule has 17 nitrogen and oxygen atoms in total. The van der Waals surface area contributed by atoms with Gasteiger partial charge in [0.15, 0.2) is 22.5 Å². The van der Waals surface area contributed by atoms with Crippen LogP contribution in [0, 0.1) is 6.92 Å². The van der Waals surface area contributed by atoms with Gasteiger partial charge in [-0.25, -0.2) is 19.2 Å². The van der Waals surface area contributed by atoms with Crippen LogP contribution in [-0.2, 0) is 30.1 Å². The molecule has 0 spiro atoms. The topological polar surface area (TPSA) is 245 Å². The molecule has 0 aliphatic rings. The van der Waals surface area contributed by atoms with Gasteiger partial charge in [-0.3, -0.25) is 4.79 Å². The summed E-state index contributed by atoms with van der Waals surface area (Å²) >= 11 is 0. The molecule has 3 amide bonds. The Morgan fingerprint density at radius 1 is 0.804 bits per heavy atom. The van der Waals surface area contributed by atoms with Gasteiger partial charge in [-0.05, 0) is 91.5 Å². The van der Waals surface area contributed by atoms with Crippen molar-refractivity contribution < 1.29 is 52.7 Å². The first-order chi connectivity index (χ1) is 23.3. The van der Waals surface area contributed by atoms with Gasteiger partial charge in [-0.2, -0.15) is 4.98 Å². The monoisotopic (exact) mass is 714 g/mol. The SMILES string of the molecule is CCNC(=O)c1noc(-c2cc(C(C)C)c([C@](C)(NC(=O)OC(C)(C)C)C(=O)O)cc2[C@](C)(NC(=O)OC(C)(C)C)C(=O)O)c1-c1noc(C)n1. The van der Waals surface area contributed by atoms with E-state index in [0.717, 1.165) is 6.92 Å². The highest BCUT2D eigenvalue weighted by molar-refractivity contribution is 6.02. The zero-order chi connectivity index (χ0) is 38.9. The lowest BCUT2D eigenvalue weighted by molar-refractivity contribution is -0.145. The van der Waals surface area contributed by atoms with Gasteiger partial charge in [0.05, 0.1) is 0 Å². The number of carboxylic acids is 2. The number of aromatic nitrogens is 3. The summed E-state index contributed by atoms with van der Waals surface area (Å²) in [5, 5.41) is 36.8. The predicted molar refractivity (Wildman–Crippen MR) is 181 cm³/mol. The first kappa shape index (κ1) is 40.0. The number of amides is 3. The molecule has 3 aromatic rings. The molecule has 2 heterocycles. The second kappa shape index (κ2) is 14.4. The molecule has 0 saturated carbocycles. The van der Waals surface area contributed by atoms with E-state index >= 15 is 0 Å². The number of ether oxygens (including phenoxy) is 2. The van der Waals surface area contributed by atoms with Crippen LogP contribution in [-0.4, -0.2) is 73.3 Å². The van der Waals surface area contributed by atoms with Gasteiger partial charge in [0, 0.05) is 24.6 Å². The van der Waals surface area contributed by atoms with E-state index in [0.29, 0.717) is 5.56 Å². The van der Waals surface area contributed by atoms with E-state index in [9.17, 15) is 34.2 Å². The normalized spacial score (nSPS) is 14.2. The van der Waals surface area contributed by atoms with E-state index in [1.165, 1.54) is 26.0 Å². The Labute approximate surface area is 294 Å². The van der Waals surface area contributed by atoms with Gasteiger partial charge in [-0.15, -0.1) is 0 Å². The number of rotatable bonds is 11. The van der Waals surface area contributed by atoms with E-state index in [1.807, 2.05) is 0 Å². The predicted octanol–water partition coefficient (Wildman–Crippen LogP) is 5.22. The molecule has 0 unspecified atom stereocenters. The summed E-state index contributed by atoms with van der Waals surface area (Å²) in [7, 11) is 0. The van der Waals surface area contributed by atoms with Gasteiger partial charge >= 0.3 is 24.1 Å². The fourth-order valence-electron chi connectivity index (χ4n) is 5.10. The summed E-state index contributed by atoms with van der Waals surface area (Å²) in [6.45, 7) is 18.9. The molecule has 0 saturated heterocycles. The fraction of sp³-hybridized carbons (Fsp3) is 0.529. The second-order valence-corrected chi connectivity index (χ2v) is 14.5. The Kier molecular flexibility index (Phi) is 11.3. The molecular formula is C34H46N6O11. The molecule has 2 aromatic heterocycles. The van der Waals surface area contributed by atoms with Gasteiger partial charge in [0.2, 0.25) is 11.7 Å². The minimum absolute atomic E-state index is 0.0334. The Morgan fingerprint density at radius 3 is 1.73 bits per heavy atom. The minimum Gasteiger partial charge on any atom is -0.479 e. The molecule has 0 aliphatic carbocycles. The molecule has 51 heavy (non-hydrogen) atoms. The summed E-state index contributed by atoms with van der Waals surface area (Å²) in [6.07, 6.45) is -2.17. The van der Waals surface area contributed by atoms with Crippen molar-refractivity contribution in [3.8, 4) is 22.7 Å². The average molecular weight is 715 g/mol. The zero-order valence-corrected chi connectivity index (χ0v) is 30.8. The number of nitrogens with zero attached hydrogens (tertiary/aromatic N) is 3. The maximum absolute atomic E-state index is 13.3. The van der Waals surface area contributed by atoms with Crippen molar-refractivity contribution in [2.45, 2.75) is 111 Å². The zero-order valence-electron chi connectivity index (χ0n) is 30.8. The number of aliphatic carboxylic acids is 2. The summed E-state index contributed by atoms with van der Waals surface area (Å²) in [5.41, 5.74) is -6.96. The molecule has 278 valence electrons. The van der Waals surface area contributed by atoms with Gasteiger partial charge in [0.25, 0.3) is 5.91 Å². The van der Waals surface area contributed by atoms with Crippen molar-refractivity contribution in [2.24, 2.45) is 0 Å². The molecule has 0 bridgehead atoms. The molecular weight excluding hydrogens is 668 g/mol. The smallest absolute Gasteiger partial charge is 0.408 e. The maximum atomic E-state index is 13.3. The molecule has 2 atom stereocenters. The van der Waals surface area contributed by atoms with Gasteiger partial charge in [-0.1, -0.05) is 24.2 Å². The van der Waals surface area contributed by atoms with Crippen LogP contribution in [0.15, 0.2) is 21.2 Å². The van der Waals surface area contributed by atoms with Crippen LogP contribution >= 0.6 is 0 Å². The molecule has 3 rings (SSSR count). The van der Waals surface area contributed by atoms with E-state index in [1.54, 1.807) is 62.3 Å². The Morgan fingerprint density at radius 2 is 1.31 bits per heavy atom. The molecule has 0 fully saturated rings. The summed E-state index contributed by atoms with van der Waals surface area (Å²) in [5.74, 6) is -4.42. The van der Waals surface area contributed by atoms with Gasteiger partial charge in [0.1, 0.15) is 16.8 Å². The van der Waals surface area contributed by atoms with Crippen LogP contribution in [0.1, 0.15) is 115 Å². The quantitative estimate of drug-likeness (QED) is 0.171. The number of alkyl carbamates (subject to hydrolysis) is 2. The van der Waals surface area contributed by atoms with E-state index in [-0.39, 0.29) is 52.0 Å². The highest BCUT2D eigenvalue weighted by atomic mass is 16.6. The molecule has 0 radical (unpaired) electrons. The Bertz CT molecular complexity index is 1830. The molecule has 5 N–H and O–H groups in total. The first-order valence-corrected chi connectivity index (χ1v) is 16.1. The van der Waals surface area contributed by atoms with Crippen molar-refractivity contribution >= 4 is 30.0 Å². The van der Waals surface area contributed by atoms with Crippen LogP contribution in [0.4, 0.5) is 9.59 Å². The van der Waals surface area contributed by atoms with Crippen LogP contribution < -0.4 is 16.0 Å². The number of benzene rings is 1. The third kappa shape index (κ3) is 8.82. The molecule has 1 aromatic carbocycles. The van der Waals surface area contributed by atoms with E-state index in [2.05, 4.69) is 31.2 Å². The second-order valence-electron chi connectivity index (χ2n) is 14.5. The summed E-state index contributed by atoms with van der Waals surface area (Å²) in [6, 6.07) is 2.69. The van der Waals surface area contributed by atoms with Crippen LogP contribution in [0.25, 0.3) is 22.7 Å². The number of carbonyl (C=O) groups excluding carboxylic acids is 3. The number of hydrogen-bond donors (Lipinski definition) is 5.